The van der Waals surface area contributed by atoms with Crippen LogP contribution in [0.1, 0.15) is 5.56 Å². The molecule has 0 heterocycles. The Bertz CT molecular complexity index is 484. The van der Waals surface area contributed by atoms with Crippen LogP contribution in [-0.4, -0.2) is 31.8 Å². The van der Waals surface area contributed by atoms with Crippen LogP contribution in [0.25, 0.3) is 0 Å². The second kappa shape index (κ2) is 6.00. The molecule has 3 N–H and O–H groups in total. The van der Waals surface area contributed by atoms with Crippen molar-refractivity contribution in [2.24, 2.45) is 5.73 Å². The fraction of sp³-hybridized carbons (Fsp3) is 0.300. The Labute approximate surface area is 106 Å². The maximum atomic E-state index is 11.2. The summed E-state index contributed by atoms with van der Waals surface area (Å²) in [5.41, 5.74) is 6.05. The summed E-state index contributed by atoms with van der Waals surface area (Å²) in [6.07, 6.45) is 1.30. The van der Waals surface area contributed by atoms with Crippen LogP contribution in [0.15, 0.2) is 29.2 Å². The highest BCUT2D eigenvalue weighted by molar-refractivity contribution is 7.90. The minimum absolute atomic E-state index is 0. The third-order valence-corrected chi connectivity index (χ3v) is 3.25. The fourth-order valence-electron chi connectivity index (χ4n) is 1.21. The summed E-state index contributed by atoms with van der Waals surface area (Å²) in [4.78, 5) is 10.7. The molecule has 1 unspecified atom stereocenters. The quantitative estimate of drug-likeness (QED) is 0.835. The molecule has 1 atom stereocenters. The molecule has 7 heteroatoms. The zero-order chi connectivity index (χ0) is 12.3. The van der Waals surface area contributed by atoms with E-state index in [1.54, 1.807) is 12.1 Å². The molecule has 0 aliphatic carbocycles. The highest BCUT2D eigenvalue weighted by Crippen LogP contribution is 2.11. The van der Waals surface area contributed by atoms with Gasteiger partial charge in [0.05, 0.1) is 4.90 Å². The predicted octanol–water partition coefficient (Wildman–Crippen LogP) is 0.466. The number of hydrogen-bond donors (Lipinski definition) is 2. The number of nitrogens with two attached hydrogens (primary N) is 1. The third-order valence-electron chi connectivity index (χ3n) is 2.12. The summed E-state index contributed by atoms with van der Waals surface area (Å²) in [7, 11) is -3.21. The molecule has 1 aromatic carbocycles. The van der Waals surface area contributed by atoms with Crippen LogP contribution >= 0.6 is 12.4 Å². The highest BCUT2D eigenvalue weighted by Gasteiger charge is 2.12. The van der Waals surface area contributed by atoms with Gasteiger partial charge >= 0.3 is 5.97 Å². The zero-order valence-electron chi connectivity index (χ0n) is 9.16. The number of carbonyl (C=O) groups is 1. The van der Waals surface area contributed by atoms with Crippen molar-refractivity contribution in [3.8, 4) is 0 Å². The molecule has 0 amide bonds. The lowest BCUT2D eigenvalue weighted by Crippen LogP contribution is -2.32. The monoisotopic (exact) mass is 279 g/mol. The lowest BCUT2D eigenvalue weighted by atomic mass is 10.1. The molecule has 0 aromatic heterocycles. The molecule has 0 aliphatic heterocycles. The van der Waals surface area contributed by atoms with Gasteiger partial charge in [-0.1, -0.05) is 12.1 Å². The van der Waals surface area contributed by atoms with Crippen molar-refractivity contribution in [3.05, 3.63) is 29.8 Å². The number of rotatable bonds is 4. The van der Waals surface area contributed by atoms with Crippen LogP contribution in [0.4, 0.5) is 0 Å². The van der Waals surface area contributed by atoms with Crippen molar-refractivity contribution >= 4 is 28.2 Å². The summed E-state index contributed by atoms with van der Waals surface area (Å²) < 4.78 is 22.3. The van der Waals surface area contributed by atoms with Crippen molar-refractivity contribution < 1.29 is 18.3 Å². The predicted molar refractivity (Wildman–Crippen MR) is 66.1 cm³/mol. The van der Waals surface area contributed by atoms with E-state index in [-0.39, 0.29) is 23.7 Å². The van der Waals surface area contributed by atoms with E-state index in [1.165, 1.54) is 12.1 Å². The normalized spacial score (nSPS) is 12.6. The molecule has 0 saturated carbocycles. The number of carboxylic acids is 1. The fourth-order valence-corrected chi connectivity index (χ4v) is 1.84. The number of halogens is 1. The molecule has 1 rings (SSSR count). The molecular weight excluding hydrogens is 266 g/mol. The van der Waals surface area contributed by atoms with Crippen LogP contribution in [0.3, 0.4) is 0 Å². The summed E-state index contributed by atoms with van der Waals surface area (Å²) >= 11 is 0. The third kappa shape index (κ3) is 4.72. The van der Waals surface area contributed by atoms with E-state index >= 15 is 0 Å². The van der Waals surface area contributed by atoms with E-state index in [9.17, 15) is 13.2 Å². The largest absolute Gasteiger partial charge is 0.480 e. The van der Waals surface area contributed by atoms with Crippen molar-refractivity contribution in [1.82, 2.24) is 0 Å². The van der Waals surface area contributed by atoms with Gasteiger partial charge < -0.3 is 10.8 Å². The Hall–Kier alpha value is -1.11. The van der Waals surface area contributed by atoms with Gasteiger partial charge in [-0.2, -0.15) is 0 Å². The molecule has 0 spiro atoms. The van der Waals surface area contributed by atoms with E-state index in [4.69, 9.17) is 10.8 Å². The van der Waals surface area contributed by atoms with Crippen LogP contribution in [0.5, 0.6) is 0 Å². The van der Waals surface area contributed by atoms with Crippen LogP contribution in [-0.2, 0) is 21.1 Å². The van der Waals surface area contributed by atoms with Crippen LogP contribution in [0, 0.1) is 0 Å². The number of carboxylic acid groups (broad SMARTS) is 1. The van der Waals surface area contributed by atoms with Crippen molar-refractivity contribution in [1.29, 1.82) is 0 Å². The molecular formula is C10H14ClNO4S. The van der Waals surface area contributed by atoms with Crippen LogP contribution < -0.4 is 5.73 Å². The topological polar surface area (TPSA) is 97.5 Å². The van der Waals surface area contributed by atoms with Crippen molar-refractivity contribution in [3.63, 3.8) is 0 Å². The van der Waals surface area contributed by atoms with E-state index in [1.807, 2.05) is 0 Å². The van der Waals surface area contributed by atoms with Gasteiger partial charge in [0, 0.05) is 6.26 Å². The summed E-state index contributed by atoms with van der Waals surface area (Å²) in [6.45, 7) is 0. The van der Waals surface area contributed by atoms with Gasteiger partial charge in [-0.25, -0.2) is 8.42 Å². The standard InChI is InChI=1S/C10H13NO4S.ClH/c1-16(14,15)8-4-2-7(3-5-8)6-9(11)10(12)13;/h2-5,9H,6,11H2,1H3,(H,12,13);1H. The first-order valence-corrected chi connectivity index (χ1v) is 6.47. The number of aliphatic carboxylic acids is 1. The number of hydrogen-bond acceptors (Lipinski definition) is 4. The molecule has 1 aromatic rings. The Morgan fingerprint density at radius 1 is 1.35 bits per heavy atom. The molecule has 5 nitrogen and oxygen atoms in total. The first-order valence-electron chi connectivity index (χ1n) is 4.58. The lowest BCUT2D eigenvalue weighted by molar-refractivity contribution is -0.138. The molecule has 0 bridgehead atoms. The Balaban J connectivity index is 0.00000256. The Morgan fingerprint density at radius 3 is 2.18 bits per heavy atom. The summed E-state index contributed by atoms with van der Waals surface area (Å²) in [6, 6.07) is 5.06. The van der Waals surface area contributed by atoms with Gasteiger partial charge in [-0.15, -0.1) is 12.4 Å². The van der Waals surface area contributed by atoms with Gasteiger partial charge in [0.2, 0.25) is 0 Å². The second-order valence-electron chi connectivity index (χ2n) is 3.56. The molecule has 17 heavy (non-hydrogen) atoms. The second-order valence-corrected chi connectivity index (χ2v) is 5.58. The first kappa shape index (κ1) is 15.9. The minimum atomic E-state index is -3.21. The van der Waals surface area contributed by atoms with E-state index in [0.29, 0.717) is 5.56 Å². The van der Waals surface area contributed by atoms with Crippen LogP contribution in [0.2, 0.25) is 0 Å². The Morgan fingerprint density at radius 2 is 1.82 bits per heavy atom. The summed E-state index contributed by atoms with van der Waals surface area (Å²) in [5.74, 6) is -1.08. The Kier molecular flexibility index (Phi) is 5.60. The van der Waals surface area contributed by atoms with Gasteiger partial charge in [0.15, 0.2) is 9.84 Å². The molecule has 96 valence electrons. The minimum Gasteiger partial charge on any atom is -0.480 e. The first-order chi connectivity index (χ1) is 7.30. The van der Waals surface area contributed by atoms with Gasteiger partial charge in [0.1, 0.15) is 6.04 Å². The van der Waals surface area contributed by atoms with Crippen molar-refractivity contribution in [2.75, 3.05) is 6.26 Å². The smallest absolute Gasteiger partial charge is 0.320 e. The maximum absolute atomic E-state index is 11.2. The average Bonchev–Trinajstić information content (AvgIpc) is 2.17. The van der Waals surface area contributed by atoms with E-state index in [0.717, 1.165) is 6.26 Å². The van der Waals surface area contributed by atoms with E-state index in [2.05, 4.69) is 0 Å². The zero-order valence-corrected chi connectivity index (χ0v) is 10.8. The van der Waals surface area contributed by atoms with E-state index < -0.39 is 21.8 Å². The lowest BCUT2D eigenvalue weighted by Gasteiger charge is -2.06. The maximum Gasteiger partial charge on any atom is 0.320 e. The molecule has 0 aliphatic rings. The average molecular weight is 280 g/mol. The highest BCUT2D eigenvalue weighted by atomic mass is 35.5. The SMILES string of the molecule is CS(=O)(=O)c1ccc(CC(N)C(=O)O)cc1.Cl. The number of sulfone groups is 1. The number of benzene rings is 1. The van der Waals surface area contributed by atoms with Crippen molar-refractivity contribution in [2.45, 2.75) is 17.4 Å². The molecule has 0 fully saturated rings. The van der Waals surface area contributed by atoms with Gasteiger partial charge in [-0.3, -0.25) is 4.79 Å². The molecule has 0 radical (unpaired) electrons. The molecule has 0 saturated heterocycles. The van der Waals surface area contributed by atoms with Gasteiger partial charge in [-0.05, 0) is 24.1 Å². The van der Waals surface area contributed by atoms with Gasteiger partial charge in [0.25, 0.3) is 0 Å². The summed E-state index contributed by atoms with van der Waals surface area (Å²) in [5, 5.41) is 8.61.